The van der Waals surface area contributed by atoms with Gasteiger partial charge in [0, 0.05) is 0 Å². The van der Waals surface area contributed by atoms with Crippen LogP contribution in [0.1, 0.15) is 13.3 Å². The Bertz CT molecular complexity index is 26.7. The predicted molar refractivity (Wildman–Crippen MR) is 21.9 cm³/mol. The number of aliphatic hydroxyl groups is 1. The van der Waals surface area contributed by atoms with Gasteiger partial charge in [-0.1, -0.05) is 0 Å². The molecule has 0 aromatic heterocycles. The second kappa shape index (κ2) is 3.12. The molecule has 0 heterocycles. The third kappa shape index (κ3) is 3.92. The van der Waals surface area contributed by atoms with Crippen molar-refractivity contribution in [3.8, 4) is 0 Å². The average Bonchev–Trinajstić information content (AvgIpc) is 1.35. The molecule has 2 heteroatoms. The molecule has 0 aliphatic rings. The molecule has 37 valence electrons. The number of hydrogen-bond acceptors (Lipinski definition) is 1. The van der Waals surface area contributed by atoms with Crippen LogP contribution >= 0.6 is 0 Å². The van der Waals surface area contributed by atoms with Gasteiger partial charge in [-0.05, 0) is 13.3 Å². The monoisotopic (exact) mass is 89.1 g/mol. The number of hydrogen-bond donors (Lipinski definition) is 1. The van der Waals surface area contributed by atoms with Gasteiger partial charge >= 0.3 is 0 Å². The lowest BCUT2D eigenvalue weighted by molar-refractivity contribution is 0.115. The molecule has 0 saturated carbocycles. The molecule has 6 heavy (non-hydrogen) atoms. The molecule has 0 saturated heterocycles. The summed E-state index contributed by atoms with van der Waals surface area (Å²) in [6.45, 7) is 1.44. The Balaban J connectivity index is 2.63. The lowest BCUT2D eigenvalue weighted by Crippen LogP contribution is -2.00. The van der Waals surface area contributed by atoms with Crippen LogP contribution in [-0.2, 0) is 5.11 Å². The minimum atomic E-state index is -0.414. The molecule has 0 aliphatic carbocycles. The highest BCUT2D eigenvalue weighted by Gasteiger charge is 1.89. The third-order valence-electron chi connectivity index (χ3n) is 0.536. The highest BCUT2D eigenvalue weighted by atomic mass is 16.3. The maximum absolute atomic E-state index is 9.58. The SMILES string of the molecule is CC(O)CC[O]. The Morgan fingerprint density at radius 3 is 2.33 bits per heavy atom. The molecule has 0 amide bonds. The minimum Gasteiger partial charge on any atom is -0.393 e. The van der Waals surface area contributed by atoms with Crippen molar-refractivity contribution >= 4 is 0 Å². The molecule has 0 fully saturated rings. The van der Waals surface area contributed by atoms with Gasteiger partial charge in [-0.25, -0.2) is 5.11 Å². The predicted octanol–water partition coefficient (Wildman–Crippen LogP) is 0.188. The van der Waals surface area contributed by atoms with Crippen molar-refractivity contribution in [1.29, 1.82) is 0 Å². The summed E-state index contributed by atoms with van der Waals surface area (Å²) in [5.41, 5.74) is 0. The topological polar surface area (TPSA) is 40.1 Å². The van der Waals surface area contributed by atoms with Crippen molar-refractivity contribution in [2.75, 3.05) is 6.61 Å². The molecule has 0 rings (SSSR count). The van der Waals surface area contributed by atoms with E-state index >= 15 is 0 Å². The normalized spacial score (nSPS) is 14.5. The van der Waals surface area contributed by atoms with Crippen molar-refractivity contribution in [2.45, 2.75) is 19.4 Å². The first-order chi connectivity index (χ1) is 2.77. The van der Waals surface area contributed by atoms with Gasteiger partial charge in [-0.15, -0.1) is 0 Å². The fourth-order valence-electron chi connectivity index (χ4n) is 0.171. The van der Waals surface area contributed by atoms with Crippen molar-refractivity contribution in [3.63, 3.8) is 0 Å². The maximum atomic E-state index is 9.58. The summed E-state index contributed by atoms with van der Waals surface area (Å²) >= 11 is 0. The summed E-state index contributed by atoms with van der Waals surface area (Å²) < 4.78 is 0. The van der Waals surface area contributed by atoms with Gasteiger partial charge in [0.15, 0.2) is 0 Å². The lowest BCUT2D eigenvalue weighted by Gasteiger charge is -1.93. The van der Waals surface area contributed by atoms with Crippen molar-refractivity contribution < 1.29 is 10.2 Å². The van der Waals surface area contributed by atoms with Crippen LogP contribution < -0.4 is 0 Å². The van der Waals surface area contributed by atoms with Crippen LogP contribution in [0.3, 0.4) is 0 Å². The molecule has 1 unspecified atom stereocenters. The summed E-state index contributed by atoms with van der Waals surface area (Å²) in [7, 11) is 0. The van der Waals surface area contributed by atoms with Crippen LogP contribution in [0.5, 0.6) is 0 Å². The Hall–Kier alpha value is -0.0800. The first-order valence-electron chi connectivity index (χ1n) is 2.03. The molecule has 2 nitrogen and oxygen atoms in total. The highest BCUT2D eigenvalue weighted by Crippen LogP contribution is 1.83. The van der Waals surface area contributed by atoms with Crippen LogP contribution in [0.15, 0.2) is 0 Å². The molecule has 0 bridgehead atoms. The summed E-state index contributed by atoms with van der Waals surface area (Å²) in [5, 5.41) is 17.9. The summed E-state index contributed by atoms with van der Waals surface area (Å²) in [5.74, 6) is 0. The molecule has 1 radical (unpaired) electrons. The molecule has 1 atom stereocenters. The van der Waals surface area contributed by atoms with Crippen LogP contribution in [0.4, 0.5) is 0 Å². The third-order valence-corrected chi connectivity index (χ3v) is 0.536. The largest absolute Gasteiger partial charge is 0.393 e. The van der Waals surface area contributed by atoms with Gasteiger partial charge < -0.3 is 5.11 Å². The maximum Gasteiger partial charge on any atom is 0.0846 e. The van der Waals surface area contributed by atoms with Crippen molar-refractivity contribution in [2.24, 2.45) is 0 Å². The Kier molecular flexibility index (Phi) is 3.08. The van der Waals surface area contributed by atoms with E-state index in [1.165, 1.54) is 0 Å². The van der Waals surface area contributed by atoms with Gasteiger partial charge in [-0.2, -0.15) is 0 Å². The van der Waals surface area contributed by atoms with E-state index in [9.17, 15) is 5.11 Å². The zero-order chi connectivity index (χ0) is 4.99. The van der Waals surface area contributed by atoms with Crippen LogP contribution in [-0.4, -0.2) is 17.8 Å². The fraction of sp³-hybridized carbons (Fsp3) is 1.00. The second-order valence-electron chi connectivity index (χ2n) is 1.34. The van der Waals surface area contributed by atoms with Gasteiger partial charge in [-0.3, -0.25) is 0 Å². The fourth-order valence-corrected chi connectivity index (χ4v) is 0.171. The van der Waals surface area contributed by atoms with Gasteiger partial charge in [0.05, 0.1) is 12.7 Å². The van der Waals surface area contributed by atoms with E-state index in [2.05, 4.69) is 0 Å². The first-order valence-corrected chi connectivity index (χ1v) is 2.03. The lowest BCUT2D eigenvalue weighted by atomic mass is 10.3. The summed E-state index contributed by atoms with van der Waals surface area (Å²) in [6.07, 6.45) is -0.0394. The van der Waals surface area contributed by atoms with E-state index in [1.54, 1.807) is 6.92 Å². The molecular weight excluding hydrogens is 80.0 g/mol. The zero-order valence-corrected chi connectivity index (χ0v) is 3.85. The van der Waals surface area contributed by atoms with Crippen LogP contribution in [0.2, 0.25) is 0 Å². The molecule has 0 aliphatic heterocycles. The zero-order valence-electron chi connectivity index (χ0n) is 3.85. The van der Waals surface area contributed by atoms with Gasteiger partial charge in [0.25, 0.3) is 0 Å². The molecular formula is C4H9O2. The Labute approximate surface area is 37.4 Å². The quantitative estimate of drug-likeness (QED) is 0.515. The van der Waals surface area contributed by atoms with Crippen molar-refractivity contribution in [1.82, 2.24) is 0 Å². The number of aliphatic hydroxyl groups excluding tert-OH is 1. The van der Waals surface area contributed by atoms with E-state index in [0.717, 1.165) is 0 Å². The number of rotatable bonds is 2. The van der Waals surface area contributed by atoms with E-state index < -0.39 is 6.10 Å². The van der Waals surface area contributed by atoms with Crippen molar-refractivity contribution in [3.05, 3.63) is 0 Å². The Morgan fingerprint density at radius 1 is 1.83 bits per heavy atom. The van der Waals surface area contributed by atoms with E-state index in [-0.39, 0.29) is 6.61 Å². The van der Waals surface area contributed by atoms with Gasteiger partial charge in [0.2, 0.25) is 0 Å². The van der Waals surface area contributed by atoms with E-state index in [0.29, 0.717) is 6.42 Å². The average molecular weight is 89.1 g/mol. The summed E-state index contributed by atoms with van der Waals surface area (Å²) in [6, 6.07) is 0. The molecule has 0 spiro atoms. The Morgan fingerprint density at radius 2 is 2.33 bits per heavy atom. The van der Waals surface area contributed by atoms with Gasteiger partial charge in [0.1, 0.15) is 0 Å². The van der Waals surface area contributed by atoms with E-state index in [4.69, 9.17) is 5.11 Å². The van der Waals surface area contributed by atoms with Crippen LogP contribution in [0, 0.1) is 0 Å². The first kappa shape index (κ1) is 5.92. The molecule has 1 N–H and O–H groups in total. The standard InChI is InChI=1S/C4H9O2/c1-4(6)2-3-5/h4,6H,2-3H2,1H3. The second-order valence-corrected chi connectivity index (χ2v) is 1.34. The highest BCUT2D eigenvalue weighted by molar-refractivity contribution is 4.40. The van der Waals surface area contributed by atoms with E-state index in [1.807, 2.05) is 0 Å². The summed E-state index contributed by atoms with van der Waals surface area (Å²) in [4.78, 5) is 0. The van der Waals surface area contributed by atoms with Crippen LogP contribution in [0.25, 0.3) is 0 Å². The smallest absolute Gasteiger partial charge is 0.0846 e. The minimum absolute atomic E-state index is 0.169. The molecule has 0 aromatic carbocycles. The molecule has 0 aromatic rings.